The van der Waals surface area contributed by atoms with Gasteiger partial charge < -0.3 is 19.8 Å². The van der Waals surface area contributed by atoms with Gasteiger partial charge in [-0.15, -0.1) is 0 Å². The van der Waals surface area contributed by atoms with E-state index in [1.807, 2.05) is 6.07 Å². The van der Waals surface area contributed by atoms with Crippen molar-refractivity contribution in [2.24, 2.45) is 5.73 Å². The van der Waals surface area contributed by atoms with Crippen molar-refractivity contribution in [2.75, 3.05) is 20.8 Å². The van der Waals surface area contributed by atoms with Crippen LogP contribution in [0.1, 0.15) is 0 Å². The molecule has 18 heavy (non-hydrogen) atoms. The molecule has 2 N–H and O–H groups in total. The zero-order valence-corrected chi connectivity index (χ0v) is 10.5. The molecule has 5 nitrogen and oxygen atoms in total. The molecule has 0 radical (unpaired) electrons. The second kappa shape index (κ2) is 5.10. The third kappa shape index (κ3) is 2.04. The van der Waals surface area contributed by atoms with Gasteiger partial charge in [-0.05, 0) is 12.1 Å². The fourth-order valence-electron chi connectivity index (χ4n) is 1.94. The van der Waals surface area contributed by atoms with Crippen molar-refractivity contribution in [2.45, 2.75) is 6.54 Å². The van der Waals surface area contributed by atoms with Crippen LogP contribution in [0.2, 0.25) is 0 Å². The highest BCUT2D eigenvalue weighted by molar-refractivity contribution is 5.89. The number of benzene rings is 1. The van der Waals surface area contributed by atoms with Crippen LogP contribution in [0.15, 0.2) is 29.2 Å². The van der Waals surface area contributed by atoms with Crippen molar-refractivity contribution in [3.05, 3.63) is 34.7 Å². The average molecular weight is 248 g/mol. The molecule has 0 amide bonds. The van der Waals surface area contributed by atoms with E-state index in [0.717, 1.165) is 5.39 Å². The molecule has 0 unspecified atom stereocenters. The summed E-state index contributed by atoms with van der Waals surface area (Å²) in [5.74, 6) is 1.23. The zero-order valence-electron chi connectivity index (χ0n) is 10.5. The highest BCUT2D eigenvalue weighted by atomic mass is 16.5. The molecule has 0 atom stereocenters. The van der Waals surface area contributed by atoms with Gasteiger partial charge in [0.15, 0.2) is 0 Å². The summed E-state index contributed by atoms with van der Waals surface area (Å²) in [4.78, 5) is 12.3. The third-order valence-corrected chi connectivity index (χ3v) is 2.85. The maximum absolute atomic E-state index is 12.3. The largest absolute Gasteiger partial charge is 0.497 e. The fourth-order valence-corrected chi connectivity index (χ4v) is 1.94. The number of hydrogen-bond acceptors (Lipinski definition) is 4. The van der Waals surface area contributed by atoms with Crippen LogP contribution in [0.3, 0.4) is 0 Å². The summed E-state index contributed by atoms with van der Waals surface area (Å²) in [6, 6.07) is 5.33. The van der Waals surface area contributed by atoms with Crippen molar-refractivity contribution in [1.82, 2.24) is 4.57 Å². The molecular weight excluding hydrogens is 232 g/mol. The maximum atomic E-state index is 12.3. The first kappa shape index (κ1) is 12.4. The molecule has 0 aliphatic heterocycles. The van der Waals surface area contributed by atoms with Crippen LogP contribution in [-0.2, 0) is 6.54 Å². The van der Waals surface area contributed by atoms with Gasteiger partial charge in [0.2, 0.25) is 0 Å². The molecule has 5 heteroatoms. The molecule has 0 aliphatic rings. The predicted molar refractivity (Wildman–Crippen MR) is 70.4 cm³/mol. The second-order valence-corrected chi connectivity index (χ2v) is 3.89. The lowest BCUT2D eigenvalue weighted by molar-refractivity contribution is 0.398. The molecule has 0 bridgehead atoms. The van der Waals surface area contributed by atoms with Crippen LogP contribution in [-0.4, -0.2) is 25.3 Å². The summed E-state index contributed by atoms with van der Waals surface area (Å²) in [5.41, 5.74) is 5.39. The zero-order chi connectivity index (χ0) is 13.1. The Bertz CT molecular complexity index is 619. The Morgan fingerprint density at radius 1 is 1.22 bits per heavy atom. The van der Waals surface area contributed by atoms with Crippen molar-refractivity contribution in [3.8, 4) is 11.5 Å². The Hall–Kier alpha value is -2.01. The fraction of sp³-hybridized carbons (Fsp3) is 0.308. The first-order valence-corrected chi connectivity index (χ1v) is 5.66. The number of rotatable bonds is 4. The summed E-state index contributed by atoms with van der Waals surface area (Å²) in [6.45, 7) is 0.917. The van der Waals surface area contributed by atoms with Gasteiger partial charge in [0, 0.05) is 30.7 Å². The summed E-state index contributed by atoms with van der Waals surface area (Å²) in [7, 11) is 3.13. The number of methoxy groups -OCH3 is 2. The molecule has 0 saturated heterocycles. The SMILES string of the molecule is COc1cc(OC)c2ccn(CCN)c(=O)c2c1. The monoisotopic (exact) mass is 248 g/mol. The van der Waals surface area contributed by atoms with E-state index in [1.165, 1.54) is 0 Å². The number of hydrogen-bond donors (Lipinski definition) is 1. The summed E-state index contributed by atoms with van der Waals surface area (Å²) < 4.78 is 12.0. The first-order chi connectivity index (χ1) is 8.71. The molecule has 2 aromatic rings. The van der Waals surface area contributed by atoms with Gasteiger partial charge in [0.25, 0.3) is 5.56 Å². The highest BCUT2D eigenvalue weighted by Crippen LogP contribution is 2.28. The van der Waals surface area contributed by atoms with Gasteiger partial charge in [0.1, 0.15) is 11.5 Å². The lowest BCUT2D eigenvalue weighted by Crippen LogP contribution is -2.23. The van der Waals surface area contributed by atoms with Crippen LogP contribution in [0, 0.1) is 0 Å². The lowest BCUT2D eigenvalue weighted by atomic mass is 10.1. The van der Waals surface area contributed by atoms with Crippen molar-refractivity contribution in [3.63, 3.8) is 0 Å². The van der Waals surface area contributed by atoms with E-state index in [9.17, 15) is 4.79 Å². The van der Waals surface area contributed by atoms with Crippen molar-refractivity contribution >= 4 is 10.8 Å². The van der Waals surface area contributed by atoms with E-state index in [4.69, 9.17) is 15.2 Å². The van der Waals surface area contributed by atoms with E-state index in [2.05, 4.69) is 0 Å². The highest BCUT2D eigenvalue weighted by Gasteiger charge is 2.09. The topological polar surface area (TPSA) is 66.5 Å². The molecule has 0 fully saturated rings. The van der Waals surface area contributed by atoms with Gasteiger partial charge in [-0.3, -0.25) is 4.79 Å². The molecular formula is C13H16N2O3. The molecule has 0 saturated carbocycles. The Balaban J connectivity index is 2.75. The average Bonchev–Trinajstić information content (AvgIpc) is 2.41. The smallest absolute Gasteiger partial charge is 0.258 e. The van der Waals surface area contributed by atoms with E-state index < -0.39 is 0 Å². The van der Waals surface area contributed by atoms with Gasteiger partial charge in [-0.1, -0.05) is 0 Å². The van der Waals surface area contributed by atoms with Crippen molar-refractivity contribution < 1.29 is 9.47 Å². The number of fused-ring (bicyclic) bond motifs is 1. The van der Waals surface area contributed by atoms with Gasteiger partial charge >= 0.3 is 0 Å². The van der Waals surface area contributed by atoms with Crippen LogP contribution >= 0.6 is 0 Å². The van der Waals surface area contributed by atoms with Crippen LogP contribution < -0.4 is 20.8 Å². The maximum Gasteiger partial charge on any atom is 0.258 e. The van der Waals surface area contributed by atoms with Crippen LogP contribution in [0.4, 0.5) is 0 Å². The Morgan fingerprint density at radius 3 is 2.61 bits per heavy atom. The third-order valence-electron chi connectivity index (χ3n) is 2.85. The number of nitrogens with zero attached hydrogens (tertiary/aromatic N) is 1. The Morgan fingerprint density at radius 2 is 2.00 bits per heavy atom. The molecule has 96 valence electrons. The molecule has 1 aromatic heterocycles. The van der Waals surface area contributed by atoms with Gasteiger partial charge in [0.05, 0.1) is 19.6 Å². The molecule has 2 rings (SSSR count). The van der Waals surface area contributed by atoms with Gasteiger partial charge in [-0.2, -0.15) is 0 Å². The van der Waals surface area contributed by atoms with E-state index in [0.29, 0.717) is 30.0 Å². The van der Waals surface area contributed by atoms with Crippen LogP contribution in [0.5, 0.6) is 11.5 Å². The molecule has 1 aromatic carbocycles. The number of ether oxygens (including phenoxy) is 2. The van der Waals surface area contributed by atoms with E-state index in [-0.39, 0.29) is 5.56 Å². The number of aromatic nitrogens is 1. The van der Waals surface area contributed by atoms with Crippen LogP contribution in [0.25, 0.3) is 10.8 Å². The molecule has 0 aliphatic carbocycles. The Labute approximate surface area is 105 Å². The van der Waals surface area contributed by atoms with Crippen molar-refractivity contribution in [1.29, 1.82) is 0 Å². The molecule has 0 spiro atoms. The Kier molecular flexibility index (Phi) is 3.53. The molecule has 1 heterocycles. The predicted octanol–water partition coefficient (Wildman–Crippen LogP) is 0.977. The minimum absolute atomic E-state index is 0.0878. The summed E-state index contributed by atoms with van der Waals surface area (Å²) in [6.07, 6.45) is 1.73. The minimum Gasteiger partial charge on any atom is -0.497 e. The first-order valence-electron chi connectivity index (χ1n) is 5.66. The van der Waals surface area contributed by atoms with E-state index in [1.54, 1.807) is 37.1 Å². The van der Waals surface area contributed by atoms with Gasteiger partial charge in [-0.25, -0.2) is 0 Å². The summed E-state index contributed by atoms with van der Waals surface area (Å²) in [5, 5.41) is 1.35. The standard InChI is InChI=1S/C13H16N2O3/c1-17-9-7-11-10(12(8-9)18-2)3-5-15(6-4-14)13(11)16/h3,5,7-8H,4,6,14H2,1-2H3. The summed E-state index contributed by atoms with van der Waals surface area (Å²) >= 11 is 0. The number of nitrogens with two attached hydrogens (primary N) is 1. The second-order valence-electron chi connectivity index (χ2n) is 3.89. The quantitative estimate of drug-likeness (QED) is 0.875. The minimum atomic E-state index is -0.0878. The number of pyridine rings is 1. The lowest BCUT2D eigenvalue weighted by Gasteiger charge is -2.10. The normalized spacial score (nSPS) is 10.6. The van der Waals surface area contributed by atoms with E-state index >= 15 is 0 Å².